The van der Waals surface area contributed by atoms with E-state index in [-0.39, 0.29) is 25.2 Å². The number of carbonyl (C=O) groups is 1. The van der Waals surface area contributed by atoms with E-state index in [1.807, 2.05) is 21.0 Å². The monoisotopic (exact) mass is 324 g/mol. The SMILES string of the molecule is C=C(C)C(=O)OCCOC(C)[N+](C)(C)CCCS(=O)(=O)O. The molecule has 0 heterocycles. The second kappa shape index (κ2) is 8.47. The number of nitrogens with zero attached hydrogens (tertiary/aromatic N) is 1. The zero-order valence-electron chi connectivity index (χ0n) is 13.2. The Morgan fingerprint density at radius 1 is 1.33 bits per heavy atom. The van der Waals surface area contributed by atoms with Crippen LogP contribution in [0.3, 0.4) is 0 Å². The Kier molecular flexibility index (Phi) is 8.09. The fourth-order valence-corrected chi connectivity index (χ4v) is 2.01. The van der Waals surface area contributed by atoms with Crippen molar-refractivity contribution in [2.75, 3.05) is 39.6 Å². The highest BCUT2D eigenvalue weighted by molar-refractivity contribution is 7.85. The molecule has 0 aliphatic rings. The Balaban J connectivity index is 4.04. The van der Waals surface area contributed by atoms with Gasteiger partial charge < -0.3 is 14.0 Å². The minimum atomic E-state index is -3.93. The minimum absolute atomic E-state index is 0.140. The van der Waals surface area contributed by atoms with Gasteiger partial charge in [0.2, 0.25) is 0 Å². The van der Waals surface area contributed by atoms with Gasteiger partial charge >= 0.3 is 5.97 Å². The number of carbonyl (C=O) groups excluding carboxylic acids is 1. The average Bonchev–Trinajstić information content (AvgIpc) is 2.31. The van der Waals surface area contributed by atoms with Crippen LogP contribution in [0.4, 0.5) is 0 Å². The van der Waals surface area contributed by atoms with Crippen molar-refractivity contribution in [1.29, 1.82) is 0 Å². The van der Waals surface area contributed by atoms with Crippen LogP contribution in [0.25, 0.3) is 0 Å². The Bertz CT molecular complexity index is 457. The summed E-state index contributed by atoms with van der Waals surface area (Å²) in [5, 5.41) is 0. The predicted molar refractivity (Wildman–Crippen MR) is 79.2 cm³/mol. The average molecular weight is 324 g/mol. The van der Waals surface area contributed by atoms with Crippen molar-refractivity contribution in [3.05, 3.63) is 12.2 Å². The van der Waals surface area contributed by atoms with Crippen molar-refractivity contribution in [1.82, 2.24) is 0 Å². The van der Waals surface area contributed by atoms with Crippen LogP contribution in [-0.2, 0) is 24.4 Å². The third-order valence-corrected chi connectivity index (χ3v) is 3.95. The third kappa shape index (κ3) is 9.57. The second-order valence-corrected chi connectivity index (χ2v) is 7.10. The summed E-state index contributed by atoms with van der Waals surface area (Å²) in [7, 11) is -0.133. The molecule has 0 saturated carbocycles. The largest absolute Gasteiger partial charge is 0.460 e. The standard InChI is InChI=1S/C13H25NO6S/c1-11(2)13(15)20-9-8-19-12(3)14(4,5)7-6-10-21(16,17)18/h12H,1,6-10H2,2-5H3/p+1. The summed E-state index contributed by atoms with van der Waals surface area (Å²) in [6.45, 7) is 7.82. The molecule has 0 aromatic heterocycles. The van der Waals surface area contributed by atoms with Gasteiger partial charge in [-0.05, 0) is 6.92 Å². The first kappa shape index (κ1) is 20.0. The molecule has 1 unspecified atom stereocenters. The molecule has 7 nitrogen and oxygen atoms in total. The fourth-order valence-electron chi connectivity index (χ4n) is 1.51. The summed E-state index contributed by atoms with van der Waals surface area (Å²) in [5.74, 6) is -0.717. The van der Waals surface area contributed by atoms with E-state index in [9.17, 15) is 13.2 Å². The lowest BCUT2D eigenvalue weighted by Gasteiger charge is -2.35. The van der Waals surface area contributed by atoms with Crippen LogP contribution in [0.15, 0.2) is 12.2 Å². The van der Waals surface area contributed by atoms with Crippen molar-refractivity contribution in [3.63, 3.8) is 0 Å². The first-order valence-electron chi connectivity index (χ1n) is 6.68. The van der Waals surface area contributed by atoms with Gasteiger partial charge in [-0.1, -0.05) is 6.58 Å². The highest BCUT2D eigenvalue weighted by Crippen LogP contribution is 2.10. The highest BCUT2D eigenvalue weighted by atomic mass is 32.2. The van der Waals surface area contributed by atoms with Crippen LogP contribution < -0.4 is 0 Å². The van der Waals surface area contributed by atoms with Crippen LogP contribution in [0, 0.1) is 0 Å². The topological polar surface area (TPSA) is 89.9 Å². The highest BCUT2D eigenvalue weighted by Gasteiger charge is 2.25. The van der Waals surface area contributed by atoms with Gasteiger partial charge in [0.05, 0.1) is 33.0 Å². The number of rotatable bonds is 10. The van der Waals surface area contributed by atoms with Crippen molar-refractivity contribution in [3.8, 4) is 0 Å². The van der Waals surface area contributed by atoms with Gasteiger partial charge in [-0.25, -0.2) is 4.79 Å². The molecule has 1 N–H and O–H groups in total. The molecule has 0 aliphatic heterocycles. The Morgan fingerprint density at radius 3 is 2.38 bits per heavy atom. The lowest BCUT2D eigenvalue weighted by molar-refractivity contribution is -0.935. The number of ether oxygens (including phenoxy) is 2. The minimum Gasteiger partial charge on any atom is -0.460 e. The van der Waals surface area contributed by atoms with Gasteiger partial charge in [0.25, 0.3) is 10.1 Å². The van der Waals surface area contributed by atoms with Gasteiger partial charge in [-0.2, -0.15) is 8.42 Å². The van der Waals surface area contributed by atoms with E-state index in [4.69, 9.17) is 14.0 Å². The van der Waals surface area contributed by atoms with E-state index in [0.29, 0.717) is 23.0 Å². The molecular formula is C13H26NO6S+. The summed E-state index contributed by atoms with van der Waals surface area (Å²) < 4.78 is 41.0. The number of esters is 1. The molecule has 124 valence electrons. The summed E-state index contributed by atoms with van der Waals surface area (Å²) >= 11 is 0. The summed E-state index contributed by atoms with van der Waals surface area (Å²) in [6.07, 6.45) is 0.138. The van der Waals surface area contributed by atoms with Gasteiger partial charge in [-0.15, -0.1) is 0 Å². The van der Waals surface area contributed by atoms with Crippen molar-refractivity contribution in [2.45, 2.75) is 26.5 Å². The van der Waals surface area contributed by atoms with Crippen molar-refractivity contribution >= 4 is 16.1 Å². The van der Waals surface area contributed by atoms with E-state index in [1.54, 1.807) is 6.92 Å². The van der Waals surface area contributed by atoms with Crippen LogP contribution in [0.2, 0.25) is 0 Å². The number of quaternary nitrogens is 1. The molecule has 21 heavy (non-hydrogen) atoms. The van der Waals surface area contributed by atoms with Crippen molar-refractivity contribution in [2.24, 2.45) is 0 Å². The normalized spacial score (nSPS) is 13.8. The molecule has 0 spiro atoms. The van der Waals surface area contributed by atoms with E-state index in [2.05, 4.69) is 6.58 Å². The first-order valence-corrected chi connectivity index (χ1v) is 8.28. The molecule has 0 bridgehead atoms. The molecule has 1 atom stereocenters. The van der Waals surface area contributed by atoms with Crippen LogP contribution in [0.1, 0.15) is 20.3 Å². The molecule has 8 heteroatoms. The van der Waals surface area contributed by atoms with Crippen LogP contribution in [0.5, 0.6) is 0 Å². The lowest BCUT2D eigenvalue weighted by Crippen LogP contribution is -2.50. The molecule has 0 fully saturated rings. The summed E-state index contributed by atoms with van der Waals surface area (Å²) in [4.78, 5) is 11.2. The zero-order valence-corrected chi connectivity index (χ0v) is 14.0. The molecule has 0 rings (SSSR count). The maximum Gasteiger partial charge on any atom is 0.333 e. The van der Waals surface area contributed by atoms with E-state index in [0.717, 1.165) is 0 Å². The molecule has 0 radical (unpaired) electrons. The second-order valence-electron chi connectivity index (χ2n) is 5.53. The van der Waals surface area contributed by atoms with Crippen LogP contribution >= 0.6 is 0 Å². The summed E-state index contributed by atoms with van der Waals surface area (Å²) in [5.41, 5.74) is 0.337. The van der Waals surface area contributed by atoms with Gasteiger partial charge in [-0.3, -0.25) is 4.55 Å². The third-order valence-electron chi connectivity index (χ3n) is 3.15. The van der Waals surface area contributed by atoms with E-state index in [1.165, 1.54) is 0 Å². The smallest absolute Gasteiger partial charge is 0.333 e. The molecule has 0 aromatic carbocycles. The molecule has 0 amide bonds. The van der Waals surface area contributed by atoms with Gasteiger partial charge in [0.15, 0.2) is 6.23 Å². The number of hydrogen-bond acceptors (Lipinski definition) is 5. The Labute approximate surface area is 126 Å². The van der Waals surface area contributed by atoms with E-state index >= 15 is 0 Å². The van der Waals surface area contributed by atoms with E-state index < -0.39 is 16.1 Å². The quantitative estimate of drug-likeness (QED) is 0.160. The van der Waals surface area contributed by atoms with Crippen molar-refractivity contribution < 1.29 is 31.7 Å². The number of hydrogen-bond donors (Lipinski definition) is 1. The fraction of sp³-hybridized carbons (Fsp3) is 0.769. The lowest BCUT2D eigenvalue weighted by atomic mass is 10.3. The molecule has 0 saturated heterocycles. The Hall–Kier alpha value is -0.960. The van der Waals surface area contributed by atoms with Gasteiger partial charge in [0, 0.05) is 18.9 Å². The maximum atomic E-state index is 11.2. The molecular weight excluding hydrogens is 298 g/mol. The molecule has 0 aromatic rings. The maximum absolute atomic E-state index is 11.2. The zero-order chi connectivity index (χ0) is 16.7. The van der Waals surface area contributed by atoms with Crippen LogP contribution in [-0.4, -0.2) is 69.3 Å². The first-order chi connectivity index (χ1) is 9.46. The van der Waals surface area contributed by atoms with Gasteiger partial charge in [0.1, 0.15) is 6.61 Å². The summed E-state index contributed by atoms with van der Waals surface area (Å²) in [6, 6.07) is 0. The Morgan fingerprint density at radius 2 is 1.90 bits per heavy atom. The molecule has 0 aliphatic carbocycles. The predicted octanol–water partition coefficient (Wildman–Crippen LogP) is 0.823.